The predicted molar refractivity (Wildman–Crippen MR) is 102 cm³/mol. The van der Waals surface area contributed by atoms with E-state index in [0.717, 1.165) is 6.42 Å². The van der Waals surface area contributed by atoms with E-state index in [1.165, 1.54) is 11.8 Å². The van der Waals surface area contributed by atoms with E-state index in [9.17, 15) is 19.2 Å². The van der Waals surface area contributed by atoms with Gasteiger partial charge in [-0.25, -0.2) is 4.79 Å². The van der Waals surface area contributed by atoms with Crippen molar-refractivity contribution in [1.82, 2.24) is 20.0 Å². The van der Waals surface area contributed by atoms with Crippen LogP contribution in [0.2, 0.25) is 0 Å². The fraction of sp³-hybridized carbons (Fsp3) is 0.789. The average Bonchev–Trinajstić information content (AvgIpc) is 3.10. The molecule has 0 saturated carbocycles. The lowest BCUT2D eigenvalue weighted by Crippen LogP contribution is -2.51. The third-order valence-electron chi connectivity index (χ3n) is 4.90. The maximum absolute atomic E-state index is 12.5. The highest BCUT2D eigenvalue weighted by atomic mass is 16.6. The number of amides is 4. The molecule has 0 aromatic rings. The Hall–Kier alpha value is -2.32. The zero-order chi connectivity index (χ0) is 20.9. The first-order chi connectivity index (χ1) is 13.1. The van der Waals surface area contributed by atoms with Crippen LogP contribution in [0.3, 0.4) is 0 Å². The molecule has 28 heavy (non-hydrogen) atoms. The lowest BCUT2D eigenvalue weighted by Gasteiger charge is -2.34. The summed E-state index contributed by atoms with van der Waals surface area (Å²) >= 11 is 0. The van der Waals surface area contributed by atoms with E-state index in [0.29, 0.717) is 39.1 Å². The fourth-order valence-electron chi connectivity index (χ4n) is 3.42. The van der Waals surface area contributed by atoms with Gasteiger partial charge in [0.2, 0.25) is 17.7 Å². The summed E-state index contributed by atoms with van der Waals surface area (Å²) < 4.78 is 5.37. The monoisotopic (exact) mass is 396 g/mol. The normalized spacial score (nSPS) is 20.1. The number of piperazine rings is 1. The highest BCUT2D eigenvalue weighted by Crippen LogP contribution is 2.21. The minimum atomic E-state index is -0.612. The van der Waals surface area contributed by atoms with Gasteiger partial charge in [0.25, 0.3) is 0 Å². The highest BCUT2D eigenvalue weighted by Gasteiger charge is 2.36. The second kappa shape index (κ2) is 9.25. The molecule has 9 heteroatoms. The molecule has 0 bridgehead atoms. The molecular formula is C19H32N4O5. The van der Waals surface area contributed by atoms with Crippen LogP contribution in [0.25, 0.3) is 0 Å². The van der Waals surface area contributed by atoms with Crippen molar-refractivity contribution < 1.29 is 23.9 Å². The predicted octanol–water partition coefficient (Wildman–Crippen LogP) is 0.583. The molecule has 0 spiro atoms. The van der Waals surface area contributed by atoms with Crippen molar-refractivity contribution in [2.24, 2.45) is 0 Å². The van der Waals surface area contributed by atoms with E-state index in [1.54, 1.807) is 30.6 Å². The van der Waals surface area contributed by atoms with Gasteiger partial charge in [-0.15, -0.1) is 0 Å². The van der Waals surface area contributed by atoms with Gasteiger partial charge in [0.15, 0.2) is 0 Å². The van der Waals surface area contributed by atoms with Crippen LogP contribution in [0.4, 0.5) is 4.79 Å². The third kappa shape index (κ3) is 6.10. The molecule has 0 aromatic carbocycles. The Morgan fingerprint density at radius 2 is 1.61 bits per heavy atom. The van der Waals surface area contributed by atoms with Gasteiger partial charge in [-0.05, 0) is 33.6 Å². The SMILES string of the molecule is CC(=O)N1CCN(C(=O)CCNC(=O)C2CCCN2C(=O)OC(C)(C)C)CC1. The third-order valence-corrected chi connectivity index (χ3v) is 4.90. The molecule has 1 atom stereocenters. The first-order valence-electron chi connectivity index (χ1n) is 9.89. The van der Waals surface area contributed by atoms with E-state index >= 15 is 0 Å². The fourth-order valence-corrected chi connectivity index (χ4v) is 3.42. The molecule has 2 saturated heterocycles. The van der Waals surface area contributed by atoms with E-state index in [4.69, 9.17) is 4.74 Å². The smallest absolute Gasteiger partial charge is 0.410 e. The number of rotatable bonds is 4. The number of nitrogens with zero attached hydrogens (tertiary/aromatic N) is 3. The maximum atomic E-state index is 12.5. The summed E-state index contributed by atoms with van der Waals surface area (Å²) in [7, 11) is 0. The lowest BCUT2D eigenvalue weighted by molar-refractivity contribution is -0.138. The average molecular weight is 396 g/mol. The van der Waals surface area contributed by atoms with Crippen LogP contribution in [-0.4, -0.2) is 89.4 Å². The molecule has 0 aromatic heterocycles. The number of ether oxygens (including phenoxy) is 1. The molecule has 9 nitrogen and oxygen atoms in total. The molecule has 2 aliphatic heterocycles. The van der Waals surface area contributed by atoms with Crippen molar-refractivity contribution in [3.8, 4) is 0 Å². The molecular weight excluding hydrogens is 364 g/mol. The van der Waals surface area contributed by atoms with Crippen molar-refractivity contribution in [2.75, 3.05) is 39.3 Å². The summed E-state index contributed by atoms with van der Waals surface area (Å²) in [6, 6.07) is -0.552. The van der Waals surface area contributed by atoms with Crippen LogP contribution in [0.1, 0.15) is 47.0 Å². The summed E-state index contributed by atoms with van der Waals surface area (Å²) in [4.78, 5) is 53.3. The topological polar surface area (TPSA) is 99.3 Å². The van der Waals surface area contributed by atoms with Crippen molar-refractivity contribution in [2.45, 2.75) is 58.6 Å². The van der Waals surface area contributed by atoms with Gasteiger partial charge < -0.3 is 19.9 Å². The van der Waals surface area contributed by atoms with Crippen LogP contribution in [0, 0.1) is 0 Å². The Labute approximate surface area is 166 Å². The van der Waals surface area contributed by atoms with Gasteiger partial charge in [-0.3, -0.25) is 19.3 Å². The molecule has 2 fully saturated rings. The first kappa shape index (κ1) is 22.0. The lowest BCUT2D eigenvalue weighted by atomic mass is 10.2. The van der Waals surface area contributed by atoms with Crippen molar-refractivity contribution in [3.63, 3.8) is 0 Å². The van der Waals surface area contributed by atoms with Gasteiger partial charge >= 0.3 is 6.09 Å². The van der Waals surface area contributed by atoms with Gasteiger partial charge in [-0.1, -0.05) is 0 Å². The Bertz CT molecular complexity index is 608. The minimum Gasteiger partial charge on any atom is -0.444 e. The first-order valence-corrected chi connectivity index (χ1v) is 9.89. The van der Waals surface area contributed by atoms with E-state index in [1.807, 2.05) is 0 Å². The summed E-state index contributed by atoms with van der Waals surface area (Å²) in [6.45, 7) is 9.73. The quantitative estimate of drug-likeness (QED) is 0.750. The van der Waals surface area contributed by atoms with Crippen molar-refractivity contribution in [3.05, 3.63) is 0 Å². The van der Waals surface area contributed by atoms with Crippen LogP contribution in [0.15, 0.2) is 0 Å². The van der Waals surface area contributed by atoms with Crippen LogP contribution in [-0.2, 0) is 19.1 Å². The Morgan fingerprint density at radius 1 is 1.00 bits per heavy atom. The number of carbonyl (C=O) groups is 4. The van der Waals surface area contributed by atoms with Gasteiger partial charge in [0, 0.05) is 52.6 Å². The maximum Gasteiger partial charge on any atom is 0.410 e. The zero-order valence-electron chi connectivity index (χ0n) is 17.3. The van der Waals surface area contributed by atoms with Gasteiger partial charge in [0.05, 0.1) is 0 Å². The van der Waals surface area contributed by atoms with Crippen LogP contribution in [0.5, 0.6) is 0 Å². The standard InChI is InChI=1S/C19H32N4O5/c1-14(24)21-10-12-22(13-11-21)16(25)7-8-20-17(26)15-6-5-9-23(15)18(27)28-19(2,3)4/h15H,5-13H2,1-4H3,(H,20,26). The van der Waals surface area contributed by atoms with Crippen molar-refractivity contribution >= 4 is 23.8 Å². The number of nitrogens with one attached hydrogen (secondary N) is 1. The summed E-state index contributed by atoms with van der Waals surface area (Å²) in [5.41, 5.74) is -0.612. The molecule has 2 aliphatic rings. The number of hydrogen-bond acceptors (Lipinski definition) is 5. The Morgan fingerprint density at radius 3 is 2.18 bits per heavy atom. The molecule has 1 unspecified atom stereocenters. The summed E-state index contributed by atoms with van der Waals surface area (Å²) in [5.74, 6) is -0.276. The molecule has 2 rings (SSSR count). The Balaban J connectivity index is 1.75. The van der Waals surface area contributed by atoms with E-state index in [2.05, 4.69) is 5.32 Å². The van der Waals surface area contributed by atoms with Crippen LogP contribution >= 0.6 is 0 Å². The van der Waals surface area contributed by atoms with Crippen molar-refractivity contribution in [1.29, 1.82) is 0 Å². The second-order valence-electron chi connectivity index (χ2n) is 8.26. The number of likely N-dealkylation sites (tertiary alicyclic amines) is 1. The zero-order valence-corrected chi connectivity index (χ0v) is 17.3. The molecule has 0 radical (unpaired) electrons. The summed E-state index contributed by atoms with van der Waals surface area (Å²) in [6.07, 6.45) is 1.05. The minimum absolute atomic E-state index is 0.0190. The van der Waals surface area contributed by atoms with Gasteiger partial charge in [-0.2, -0.15) is 0 Å². The summed E-state index contributed by atoms with van der Waals surface area (Å²) in [5, 5.41) is 2.77. The van der Waals surface area contributed by atoms with E-state index in [-0.39, 0.29) is 30.7 Å². The largest absolute Gasteiger partial charge is 0.444 e. The number of hydrogen-bond donors (Lipinski definition) is 1. The van der Waals surface area contributed by atoms with Gasteiger partial charge in [0.1, 0.15) is 11.6 Å². The molecule has 0 aliphatic carbocycles. The molecule has 158 valence electrons. The molecule has 4 amide bonds. The highest BCUT2D eigenvalue weighted by molar-refractivity contribution is 5.86. The Kier molecular flexibility index (Phi) is 7.26. The molecule has 2 heterocycles. The number of carbonyl (C=O) groups excluding carboxylic acids is 4. The second-order valence-corrected chi connectivity index (χ2v) is 8.26. The van der Waals surface area contributed by atoms with Crippen LogP contribution < -0.4 is 5.32 Å². The molecule has 1 N–H and O–H groups in total. The van der Waals surface area contributed by atoms with E-state index < -0.39 is 17.7 Å².